The average Bonchev–Trinajstić information content (AvgIpc) is 3.32. The highest BCUT2D eigenvalue weighted by Gasteiger charge is 2.69. The number of nitrogens with zero attached hydrogens (tertiary/aromatic N) is 1. The molecule has 4 rings (SSSR count). The molecule has 2 unspecified atom stereocenters. The van der Waals surface area contributed by atoms with Crippen molar-refractivity contribution >= 4 is 39.0 Å². The summed E-state index contributed by atoms with van der Waals surface area (Å²) in [6, 6.07) is 7.54. The Labute approximate surface area is 286 Å². The van der Waals surface area contributed by atoms with Crippen LogP contribution in [0.4, 0.5) is 0 Å². The highest BCUT2D eigenvalue weighted by molar-refractivity contribution is 7.91. The number of Topliss-reactive ketones (excluding diaryl/α,β-unsaturated/α-hetero) is 3. The van der Waals surface area contributed by atoms with Crippen LogP contribution in [0.15, 0.2) is 35.2 Å². The summed E-state index contributed by atoms with van der Waals surface area (Å²) in [7, 11) is -3.64. The standard InChI is InChI=1S/C38H52N2O7S/c1-7-8-15-25(33(43)34(39)44)20-30(42)32-31-29(37(31,5)6)23-40(32)35(45)28(36(2,3)4)21-26(41)22-38(18-13-10-14-19-38)24-48(46,47)27-16-11-9-12-17-27/h1,9,11-12,16-17,25,28-29,31-32H,8,10,13-15,18-24H2,2-6H3,(H2,39,44)/t25?,28-,29?,31+,32-/m1/s1. The summed E-state index contributed by atoms with van der Waals surface area (Å²) in [6.07, 6.45) is 9.45. The topological polar surface area (TPSA) is 149 Å². The smallest absolute Gasteiger partial charge is 0.285 e. The number of fused-ring (bicyclic) bond motifs is 1. The van der Waals surface area contributed by atoms with Gasteiger partial charge in [0.15, 0.2) is 15.6 Å². The molecular formula is C38H52N2O7S. The van der Waals surface area contributed by atoms with Gasteiger partial charge in [-0.25, -0.2) is 8.42 Å². The molecule has 2 saturated carbocycles. The summed E-state index contributed by atoms with van der Waals surface area (Å²) in [5.41, 5.74) is 3.78. The largest absolute Gasteiger partial charge is 0.363 e. The maximum atomic E-state index is 14.5. The maximum Gasteiger partial charge on any atom is 0.285 e. The Morgan fingerprint density at radius 2 is 1.65 bits per heavy atom. The van der Waals surface area contributed by atoms with E-state index >= 15 is 0 Å². The lowest BCUT2D eigenvalue weighted by Gasteiger charge is -2.39. The van der Waals surface area contributed by atoms with E-state index in [9.17, 15) is 32.4 Å². The molecule has 9 nitrogen and oxygen atoms in total. The third-order valence-corrected chi connectivity index (χ3v) is 13.4. The van der Waals surface area contributed by atoms with Crippen molar-refractivity contribution in [1.82, 2.24) is 4.90 Å². The molecule has 1 saturated heterocycles. The van der Waals surface area contributed by atoms with Crippen LogP contribution in [0.5, 0.6) is 0 Å². The first-order valence-electron chi connectivity index (χ1n) is 17.2. The molecule has 10 heteroatoms. The molecule has 1 aromatic rings. The van der Waals surface area contributed by atoms with Gasteiger partial charge in [-0.1, -0.05) is 72.1 Å². The van der Waals surface area contributed by atoms with Crippen molar-refractivity contribution in [3.8, 4) is 12.3 Å². The Morgan fingerprint density at radius 3 is 2.21 bits per heavy atom. The van der Waals surface area contributed by atoms with Crippen LogP contribution in [0.3, 0.4) is 0 Å². The summed E-state index contributed by atoms with van der Waals surface area (Å²) in [5.74, 6) is -2.07. The molecule has 2 aliphatic carbocycles. The van der Waals surface area contributed by atoms with Crippen LogP contribution in [-0.4, -0.2) is 60.8 Å². The van der Waals surface area contributed by atoms with E-state index in [0.717, 1.165) is 19.3 Å². The van der Waals surface area contributed by atoms with Gasteiger partial charge in [-0.05, 0) is 59.5 Å². The number of primary amides is 1. The molecule has 5 atom stereocenters. The van der Waals surface area contributed by atoms with E-state index in [1.807, 2.05) is 20.8 Å². The summed E-state index contributed by atoms with van der Waals surface area (Å²) < 4.78 is 27.0. The van der Waals surface area contributed by atoms with Crippen LogP contribution in [0.25, 0.3) is 0 Å². The van der Waals surface area contributed by atoms with Crippen LogP contribution >= 0.6 is 0 Å². The SMILES string of the molecule is C#CCCC(CC(=O)[C@@H]1[C@@H]2C(CN1C(=O)[C@@H](CC(=O)CC1(CS(=O)(=O)c3ccccc3)CCCCC1)C(C)(C)C)C2(C)C)C(=O)C(N)=O. The van der Waals surface area contributed by atoms with Crippen LogP contribution in [0.1, 0.15) is 98.8 Å². The van der Waals surface area contributed by atoms with E-state index in [1.165, 1.54) is 0 Å². The third-order valence-electron chi connectivity index (χ3n) is 11.4. The Kier molecular flexibility index (Phi) is 11.1. The van der Waals surface area contributed by atoms with Gasteiger partial charge in [0.25, 0.3) is 5.91 Å². The fourth-order valence-corrected chi connectivity index (χ4v) is 10.4. The predicted octanol–water partition coefficient (Wildman–Crippen LogP) is 4.95. The summed E-state index contributed by atoms with van der Waals surface area (Å²) in [5, 5.41) is 0. The third kappa shape index (κ3) is 8.10. The van der Waals surface area contributed by atoms with Crippen molar-refractivity contribution < 1.29 is 32.4 Å². The van der Waals surface area contributed by atoms with Crippen molar-refractivity contribution in [2.24, 2.45) is 45.7 Å². The Bertz CT molecular complexity index is 1560. The molecule has 0 radical (unpaired) electrons. The molecule has 1 aromatic carbocycles. The van der Waals surface area contributed by atoms with Gasteiger partial charge in [0.2, 0.25) is 11.7 Å². The van der Waals surface area contributed by atoms with Gasteiger partial charge in [-0.3, -0.25) is 24.0 Å². The van der Waals surface area contributed by atoms with Crippen LogP contribution in [0, 0.1) is 52.3 Å². The molecule has 262 valence electrons. The second-order valence-corrected chi connectivity index (χ2v) is 18.2. The number of rotatable bonds is 15. The molecular weight excluding hydrogens is 628 g/mol. The molecule has 2 N–H and O–H groups in total. The second kappa shape index (κ2) is 14.3. The van der Waals surface area contributed by atoms with Crippen LogP contribution in [0.2, 0.25) is 0 Å². The highest BCUT2D eigenvalue weighted by atomic mass is 32.2. The van der Waals surface area contributed by atoms with Crippen molar-refractivity contribution in [2.45, 2.75) is 110 Å². The number of carbonyl (C=O) groups is 5. The van der Waals surface area contributed by atoms with E-state index < -0.39 is 50.2 Å². The van der Waals surface area contributed by atoms with Gasteiger partial charge in [0.05, 0.1) is 16.7 Å². The van der Waals surface area contributed by atoms with E-state index in [1.54, 1.807) is 35.2 Å². The lowest BCUT2D eigenvalue weighted by molar-refractivity contribution is -0.148. The fourth-order valence-electron chi connectivity index (χ4n) is 8.50. The summed E-state index contributed by atoms with van der Waals surface area (Å²) >= 11 is 0. The zero-order chi connectivity index (χ0) is 35.7. The van der Waals surface area contributed by atoms with Gasteiger partial charge >= 0.3 is 0 Å². The number of hydrogen-bond donors (Lipinski definition) is 1. The summed E-state index contributed by atoms with van der Waals surface area (Å²) in [6.45, 7) is 10.2. The van der Waals surface area contributed by atoms with Gasteiger partial charge in [-0.2, -0.15) is 0 Å². The van der Waals surface area contributed by atoms with Crippen LogP contribution in [-0.2, 0) is 33.8 Å². The van der Waals surface area contributed by atoms with Crippen molar-refractivity contribution in [2.75, 3.05) is 12.3 Å². The molecule has 0 aromatic heterocycles. The molecule has 0 spiro atoms. The van der Waals surface area contributed by atoms with Crippen molar-refractivity contribution in [3.63, 3.8) is 0 Å². The normalized spacial score (nSPS) is 24.1. The van der Waals surface area contributed by atoms with Crippen LogP contribution < -0.4 is 5.73 Å². The average molecular weight is 681 g/mol. The minimum Gasteiger partial charge on any atom is -0.363 e. The number of terminal acetylenes is 1. The van der Waals surface area contributed by atoms with Crippen molar-refractivity contribution in [3.05, 3.63) is 30.3 Å². The van der Waals surface area contributed by atoms with Gasteiger partial charge in [0.1, 0.15) is 5.78 Å². The number of likely N-dealkylation sites (tertiary alicyclic amines) is 1. The number of piperidine rings is 1. The molecule has 3 aliphatic rings. The fraction of sp³-hybridized carbons (Fsp3) is 0.658. The van der Waals surface area contributed by atoms with E-state index in [-0.39, 0.29) is 77.5 Å². The van der Waals surface area contributed by atoms with Gasteiger partial charge in [-0.15, -0.1) is 12.3 Å². The van der Waals surface area contributed by atoms with Crippen molar-refractivity contribution in [1.29, 1.82) is 0 Å². The number of carbonyl (C=O) groups excluding carboxylic acids is 5. The minimum atomic E-state index is -3.64. The van der Waals surface area contributed by atoms with Gasteiger partial charge < -0.3 is 10.6 Å². The molecule has 2 amide bonds. The number of hydrogen-bond acceptors (Lipinski definition) is 7. The lowest BCUT2D eigenvalue weighted by Crippen LogP contribution is -2.51. The quantitative estimate of drug-likeness (QED) is 0.204. The lowest BCUT2D eigenvalue weighted by atomic mass is 9.70. The number of ketones is 3. The Morgan fingerprint density at radius 1 is 1.02 bits per heavy atom. The first-order valence-corrected chi connectivity index (χ1v) is 18.9. The maximum absolute atomic E-state index is 14.5. The van der Waals surface area contributed by atoms with E-state index in [4.69, 9.17) is 12.2 Å². The Balaban J connectivity index is 1.56. The molecule has 0 bridgehead atoms. The first-order chi connectivity index (χ1) is 22.3. The van der Waals surface area contributed by atoms with E-state index in [0.29, 0.717) is 19.4 Å². The number of amides is 2. The second-order valence-electron chi connectivity index (χ2n) is 16.2. The molecule has 1 aliphatic heterocycles. The summed E-state index contributed by atoms with van der Waals surface area (Å²) in [4.78, 5) is 68.6. The number of sulfone groups is 1. The van der Waals surface area contributed by atoms with E-state index in [2.05, 4.69) is 19.8 Å². The highest BCUT2D eigenvalue weighted by Crippen LogP contribution is 2.65. The molecule has 1 heterocycles. The zero-order valence-corrected chi connectivity index (χ0v) is 29.9. The predicted molar refractivity (Wildman–Crippen MR) is 183 cm³/mol. The number of benzene rings is 1. The monoisotopic (exact) mass is 680 g/mol. The Hall–Kier alpha value is -3.32. The van der Waals surface area contributed by atoms with Gasteiger partial charge in [0, 0.05) is 44.1 Å². The first kappa shape index (κ1) is 37.5. The minimum absolute atomic E-state index is 0.0590. The zero-order valence-electron chi connectivity index (χ0n) is 29.1. The number of nitrogens with two attached hydrogens (primary N) is 1. The molecule has 3 fully saturated rings. The molecule has 48 heavy (non-hydrogen) atoms.